The maximum absolute atomic E-state index is 11.1. The largest absolute Gasteiger partial charge is 0.481 e. The fraction of sp³-hybridized carbons (Fsp3) is 0.438. The first-order chi connectivity index (χ1) is 9.74. The molecule has 1 saturated heterocycles. The van der Waals surface area contributed by atoms with E-state index in [2.05, 4.69) is 10.6 Å². The number of para-hydroxylation sites is 1. The molecule has 1 aromatic heterocycles. The van der Waals surface area contributed by atoms with Crippen molar-refractivity contribution in [2.45, 2.75) is 25.8 Å². The minimum atomic E-state index is -0.777. The second kappa shape index (κ2) is 5.67. The van der Waals surface area contributed by atoms with E-state index in [0.29, 0.717) is 5.92 Å². The van der Waals surface area contributed by atoms with Crippen LogP contribution in [0.1, 0.15) is 18.5 Å². The number of nitrogens with zero attached hydrogens (tertiary/aromatic N) is 1. The zero-order valence-corrected chi connectivity index (χ0v) is 11.4. The molecule has 0 amide bonds. The SMILES string of the molecule is O=C(O)Cc1cc2ccccc2n1CC1CCOCC1. The molecule has 0 unspecified atom stereocenters. The number of aliphatic carboxylic acids is 1. The van der Waals surface area contributed by atoms with E-state index < -0.39 is 5.97 Å². The van der Waals surface area contributed by atoms with Crippen LogP contribution in [0.5, 0.6) is 0 Å². The number of carboxylic acid groups (broad SMARTS) is 1. The third-order valence-electron chi connectivity index (χ3n) is 4.01. The summed E-state index contributed by atoms with van der Waals surface area (Å²) >= 11 is 0. The summed E-state index contributed by atoms with van der Waals surface area (Å²) in [5.74, 6) is -0.201. The van der Waals surface area contributed by atoms with Crippen molar-refractivity contribution in [3.8, 4) is 0 Å². The normalized spacial score (nSPS) is 16.6. The Labute approximate surface area is 118 Å². The number of ether oxygens (including phenoxy) is 1. The minimum absolute atomic E-state index is 0.0812. The van der Waals surface area contributed by atoms with Crippen molar-refractivity contribution in [1.29, 1.82) is 0 Å². The van der Waals surface area contributed by atoms with Gasteiger partial charge < -0.3 is 14.4 Å². The van der Waals surface area contributed by atoms with Crippen LogP contribution in [0.3, 0.4) is 0 Å². The van der Waals surface area contributed by atoms with Gasteiger partial charge in [0.1, 0.15) is 0 Å². The standard InChI is InChI=1S/C16H19NO3/c18-16(19)10-14-9-13-3-1-2-4-15(13)17(14)11-12-5-7-20-8-6-12/h1-4,9,12H,5-8,10-11H2,(H,18,19). The average Bonchev–Trinajstić information content (AvgIpc) is 2.77. The molecule has 20 heavy (non-hydrogen) atoms. The van der Waals surface area contributed by atoms with Crippen LogP contribution in [0.2, 0.25) is 0 Å². The van der Waals surface area contributed by atoms with Crippen molar-refractivity contribution in [1.82, 2.24) is 4.57 Å². The lowest BCUT2D eigenvalue weighted by atomic mass is 10.00. The third kappa shape index (κ3) is 2.70. The molecule has 2 heterocycles. The summed E-state index contributed by atoms with van der Waals surface area (Å²) in [4.78, 5) is 11.1. The van der Waals surface area contributed by atoms with Gasteiger partial charge in [-0.3, -0.25) is 4.79 Å². The minimum Gasteiger partial charge on any atom is -0.481 e. The van der Waals surface area contributed by atoms with Crippen molar-refractivity contribution in [3.63, 3.8) is 0 Å². The molecule has 3 rings (SSSR count). The second-order valence-electron chi connectivity index (χ2n) is 5.43. The number of carbonyl (C=O) groups is 1. The van der Waals surface area contributed by atoms with Crippen molar-refractivity contribution in [2.24, 2.45) is 5.92 Å². The Morgan fingerprint density at radius 1 is 1.30 bits per heavy atom. The molecule has 4 nitrogen and oxygen atoms in total. The van der Waals surface area contributed by atoms with Crippen LogP contribution in [0.4, 0.5) is 0 Å². The number of rotatable bonds is 4. The number of fused-ring (bicyclic) bond motifs is 1. The Bertz CT molecular complexity index is 611. The van der Waals surface area contributed by atoms with Gasteiger partial charge in [-0.25, -0.2) is 0 Å². The van der Waals surface area contributed by atoms with Gasteiger partial charge in [0, 0.05) is 31.0 Å². The monoisotopic (exact) mass is 273 g/mol. The molecule has 1 aromatic carbocycles. The van der Waals surface area contributed by atoms with E-state index in [1.165, 1.54) is 0 Å². The Kier molecular flexibility index (Phi) is 3.74. The molecule has 0 saturated carbocycles. The highest BCUT2D eigenvalue weighted by molar-refractivity contribution is 5.83. The predicted molar refractivity (Wildman–Crippen MR) is 76.8 cm³/mol. The van der Waals surface area contributed by atoms with Gasteiger partial charge in [-0.15, -0.1) is 0 Å². The first kappa shape index (κ1) is 13.2. The van der Waals surface area contributed by atoms with Gasteiger partial charge in [-0.05, 0) is 36.3 Å². The van der Waals surface area contributed by atoms with E-state index >= 15 is 0 Å². The first-order valence-corrected chi connectivity index (χ1v) is 7.11. The molecule has 1 aliphatic rings. The van der Waals surface area contributed by atoms with Crippen molar-refractivity contribution < 1.29 is 14.6 Å². The topological polar surface area (TPSA) is 51.5 Å². The maximum Gasteiger partial charge on any atom is 0.309 e. The van der Waals surface area contributed by atoms with Gasteiger partial charge in [0.25, 0.3) is 0 Å². The van der Waals surface area contributed by atoms with Crippen LogP contribution < -0.4 is 0 Å². The number of hydrogen-bond donors (Lipinski definition) is 1. The summed E-state index contributed by atoms with van der Waals surface area (Å²) in [5.41, 5.74) is 2.03. The Morgan fingerprint density at radius 3 is 2.80 bits per heavy atom. The number of aromatic nitrogens is 1. The lowest BCUT2D eigenvalue weighted by Gasteiger charge is -2.24. The van der Waals surface area contributed by atoms with Gasteiger partial charge in [0.05, 0.1) is 6.42 Å². The summed E-state index contributed by atoms with van der Waals surface area (Å²) < 4.78 is 7.58. The van der Waals surface area contributed by atoms with Gasteiger partial charge in [0.2, 0.25) is 0 Å². The van der Waals surface area contributed by atoms with E-state index in [-0.39, 0.29) is 6.42 Å². The van der Waals surface area contributed by atoms with Crippen molar-refractivity contribution in [3.05, 3.63) is 36.0 Å². The lowest BCUT2D eigenvalue weighted by molar-refractivity contribution is -0.136. The van der Waals surface area contributed by atoms with Gasteiger partial charge >= 0.3 is 5.97 Å². The Balaban J connectivity index is 1.94. The molecule has 1 aliphatic heterocycles. The molecule has 0 aliphatic carbocycles. The highest BCUT2D eigenvalue weighted by Gasteiger charge is 2.18. The van der Waals surface area contributed by atoms with E-state index in [1.54, 1.807) is 0 Å². The molecule has 0 atom stereocenters. The highest BCUT2D eigenvalue weighted by Crippen LogP contribution is 2.25. The lowest BCUT2D eigenvalue weighted by Crippen LogP contribution is -2.21. The zero-order valence-electron chi connectivity index (χ0n) is 11.4. The molecule has 0 bridgehead atoms. The molecular formula is C16H19NO3. The summed E-state index contributed by atoms with van der Waals surface area (Å²) in [6.07, 6.45) is 2.19. The smallest absolute Gasteiger partial charge is 0.309 e. The fourth-order valence-corrected chi connectivity index (χ4v) is 2.97. The van der Waals surface area contributed by atoms with Crippen LogP contribution in [0.15, 0.2) is 30.3 Å². The third-order valence-corrected chi connectivity index (χ3v) is 4.01. The average molecular weight is 273 g/mol. The van der Waals surface area contributed by atoms with Gasteiger partial charge in [0.15, 0.2) is 0 Å². The van der Waals surface area contributed by atoms with Crippen LogP contribution in [0.25, 0.3) is 10.9 Å². The molecule has 1 fully saturated rings. The first-order valence-electron chi connectivity index (χ1n) is 7.11. The summed E-state index contributed by atoms with van der Waals surface area (Å²) in [6, 6.07) is 10.1. The highest BCUT2D eigenvalue weighted by atomic mass is 16.5. The molecule has 4 heteroatoms. The van der Waals surface area contributed by atoms with E-state index in [9.17, 15) is 4.79 Å². The van der Waals surface area contributed by atoms with Crippen LogP contribution >= 0.6 is 0 Å². The summed E-state index contributed by atoms with van der Waals surface area (Å²) in [5, 5.41) is 10.2. The fourth-order valence-electron chi connectivity index (χ4n) is 2.97. The molecule has 0 radical (unpaired) electrons. The van der Waals surface area contributed by atoms with Gasteiger partial charge in [-0.1, -0.05) is 18.2 Å². The number of benzene rings is 1. The van der Waals surface area contributed by atoms with Crippen molar-refractivity contribution >= 4 is 16.9 Å². The van der Waals surface area contributed by atoms with E-state index in [0.717, 1.165) is 49.2 Å². The second-order valence-corrected chi connectivity index (χ2v) is 5.43. The molecular weight excluding hydrogens is 254 g/mol. The van der Waals surface area contributed by atoms with Crippen molar-refractivity contribution in [2.75, 3.05) is 13.2 Å². The summed E-state index contributed by atoms with van der Waals surface area (Å²) in [6.45, 7) is 2.52. The molecule has 0 spiro atoms. The predicted octanol–water partition coefficient (Wildman–Crippen LogP) is 2.70. The Hall–Kier alpha value is -1.81. The Morgan fingerprint density at radius 2 is 2.05 bits per heavy atom. The summed E-state index contributed by atoms with van der Waals surface area (Å²) in [7, 11) is 0. The number of hydrogen-bond acceptors (Lipinski definition) is 2. The van der Waals surface area contributed by atoms with Crippen LogP contribution in [-0.4, -0.2) is 28.9 Å². The zero-order chi connectivity index (χ0) is 13.9. The van der Waals surface area contributed by atoms with E-state index in [1.807, 2.05) is 24.3 Å². The maximum atomic E-state index is 11.1. The quantitative estimate of drug-likeness (QED) is 0.931. The van der Waals surface area contributed by atoms with Crippen LogP contribution in [0, 0.1) is 5.92 Å². The molecule has 2 aromatic rings. The number of carboxylic acids is 1. The van der Waals surface area contributed by atoms with E-state index in [4.69, 9.17) is 9.84 Å². The molecule has 1 N–H and O–H groups in total. The molecule has 106 valence electrons. The van der Waals surface area contributed by atoms with Crippen LogP contribution in [-0.2, 0) is 22.5 Å². The van der Waals surface area contributed by atoms with Gasteiger partial charge in [-0.2, -0.15) is 0 Å².